The molecule has 4 nitrogen and oxygen atoms in total. The van der Waals surface area contributed by atoms with Crippen molar-refractivity contribution in [3.05, 3.63) is 47.1 Å². The first-order valence-electron chi connectivity index (χ1n) is 7.51. The van der Waals surface area contributed by atoms with Crippen molar-refractivity contribution in [2.75, 3.05) is 0 Å². The lowest BCUT2D eigenvalue weighted by Crippen LogP contribution is -2.16. The minimum absolute atomic E-state index is 0.406. The van der Waals surface area contributed by atoms with Crippen molar-refractivity contribution in [3.63, 3.8) is 0 Å². The fourth-order valence-electron chi connectivity index (χ4n) is 2.94. The summed E-state index contributed by atoms with van der Waals surface area (Å²) in [5.74, 6) is 2.01. The van der Waals surface area contributed by atoms with E-state index in [1.807, 2.05) is 0 Å². The van der Waals surface area contributed by atoms with Crippen LogP contribution < -0.4 is 5.32 Å². The second-order valence-electron chi connectivity index (χ2n) is 5.91. The molecule has 0 spiro atoms. The summed E-state index contributed by atoms with van der Waals surface area (Å²) < 4.78 is 5.36. The van der Waals surface area contributed by atoms with Crippen LogP contribution in [0.1, 0.15) is 48.0 Å². The van der Waals surface area contributed by atoms with Crippen LogP contribution in [0, 0.1) is 0 Å². The molecular weight excluding hydrogens is 250 g/mol. The molecule has 0 bridgehead atoms. The van der Waals surface area contributed by atoms with E-state index in [9.17, 15) is 0 Å². The molecule has 0 saturated heterocycles. The van der Waals surface area contributed by atoms with Crippen LogP contribution in [0.15, 0.2) is 28.8 Å². The number of aryl methyl sites for hydroxylation is 1. The van der Waals surface area contributed by atoms with Crippen molar-refractivity contribution in [1.82, 2.24) is 15.5 Å². The van der Waals surface area contributed by atoms with Gasteiger partial charge in [-0.2, -0.15) is 4.98 Å². The van der Waals surface area contributed by atoms with Crippen molar-refractivity contribution in [3.8, 4) is 0 Å². The number of hydrogen-bond donors (Lipinski definition) is 1. The second-order valence-corrected chi connectivity index (χ2v) is 5.91. The standard InChI is InChI=1S/C16H19N3O/c1-2-4-12-9-13(6-5-11(12)3-1)16-18-15(20-19-16)10-17-14-7-8-14/h1-4,13-14,17H,5-10H2. The lowest BCUT2D eigenvalue weighted by atomic mass is 9.83. The normalized spacial score (nSPS) is 21.7. The van der Waals surface area contributed by atoms with Crippen LogP contribution in [-0.4, -0.2) is 16.2 Å². The molecule has 1 fully saturated rings. The van der Waals surface area contributed by atoms with E-state index < -0.39 is 0 Å². The summed E-state index contributed by atoms with van der Waals surface area (Å²) in [6, 6.07) is 9.36. The van der Waals surface area contributed by atoms with Crippen LogP contribution >= 0.6 is 0 Å². The van der Waals surface area contributed by atoms with Gasteiger partial charge in [-0.15, -0.1) is 0 Å². The third kappa shape index (κ3) is 2.48. The monoisotopic (exact) mass is 269 g/mol. The summed E-state index contributed by atoms with van der Waals surface area (Å²) in [6.07, 6.45) is 5.82. The van der Waals surface area contributed by atoms with Gasteiger partial charge < -0.3 is 9.84 Å². The van der Waals surface area contributed by atoms with Crippen LogP contribution in [0.4, 0.5) is 0 Å². The maximum atomic E-state index is 5.36. The molecule has 2 aromatic rings. The predicted molar refractivity (Wildman–Crippen MR) is 75.4 cm³/mol. The molecule has 1 atom stereocenters. The maximum Gasteiger partial charge on any atom is 0.240 e. The Bertz CT molecular complexity index is 603. The number of fused-ring (bicyclic) bond motifs is 1. The number of benzene rings is 1. The molecule has 2 aliphatic carbocycles. The van der Waals surface area contributed by atoms with Crippen molar-refractivity contribution in [2.24, 2.45) is 0 Å². The van der Waals surface area contributed by atoms with Gasteiger partial charge in [-0.1, -0.05) is 29.4 Å². The van der Waals surface area contributed by atoms with E-state index in [2.05, 4.69) is 39.7 Å². The number of hydrogen-bond acceptors (Lipinski definition) is 4. The molecular formula is C16H19N3O. The van der Waals surface area contributed by atoms with Gasteiger partial charge in [0, 0.05) is 12.0 Å². The minimum Gasteiger partial charge on any atom is -0.338 e. The Balaban J connectivity index is 1.45. The van der Waals surface area contributed by atoms with Crippen molar-refractivity contribution in [1.29, 1.82) is 0 Å². The van der Waals surface area contributed by atoms with Gasteiger partial charge in [-0.05, 0) is 43.2 Å². The molecule has 1 N–H and O–H groups in total. The molecule has 1 heterocycles. The summed E-state index contributed by atoms with van der Waals surface area (Å²) >= 11 is 0. The fraction of sp³-hybridized carbons (Fsp3) is 0.500. The zero-order valence-electron chi connectivity index (χ0n) is 11.5. The average molecular weight is 269 g/mol. The molecule has 1 aromatic carbocycles. The first kappa shape index (κ1) is 12.1. The van der Waals surface area contributed by atoms with E-state index in [1.165, 1.54) is 24.0 Å². The van der Waals surface area contributed by atoms with Crippen LogP contribution in [0.3, 0.4) is 0 Å². The van der Waals surface area contributed by atoms with Gasteiger partial charge in [-0.25, -0.2) is 0 Å². The Morgan fingerprint density at radius 1 is 1.15 bits per heavy atom. The topological polar surface area (TPSA) is 51.0 Å². The quantitative estimate of drug-likeness (QED) is 0.927. The van der Waals surface area contributed by atoms with Gasteiger partial charge in [0.1, 0.15) is 0 Å². The number of nitrogens with one attached hydrogen (secondary N) is 1. The Morgan fingerprint density at radius 3 is 2.85 bits per heavy atom. The van der Waals surface area contributed by atoms with E-state index in [4.69, 9.17) is 4.52 Å². The molecule has 4 heteroatoms. The van der Waals surface area contributed by atoms with E-state index in [0.717, 1.165) is 31.0 Å². The molecule has 0 radical (unpaired) electrons. The first-order chi connectivity index (χ1) is 9.88. The largest absolute Gasteiger partial charge is 0.338 e. The summed E-state index contributed by atoms with van der Waals surface area (Å²) in [6.45, 7) is 0.709. The number of rotatable bonds is 4. The maximum absolute atomic E-state index is 5.36. The third-order valence-corrected chi connectivity index (χ3v) is 4.32. The highest BCUT2D eigenvalue weighted by Crippen LogP contribution is 2.31. The van der Waals surface area contributed by atoms with Gasteiger partial charge in [0.2, 0.25) is 5.89 Å². The Hall–Kier alpha value is -1.68. The van der Waals surface area contributed by atoms with Crippen molar-refractivity contribution >= 4 is 0 Å². The molecule has 1 aromatic heterocycles. The van der Waals surface area contributed by atoms with Gasteiger partial charge in [0.25, 0.3) is 0 Å². The molecule has 20 heavy (non-hydrogen) atoms. The Morgan fingerprint density at radius 2 is 2.00 bits per heavy atom. The molecule has 1 unspecified atom stereocenters. The molecule has 1 saturated carbocycles. The Labute approximate surface area is 118 Å². The molecule has 0 amide bonds. The van der Waals surface area contributed by atoms with Gasteiger partial charge >= 0.3 is 0 Å². The lowest BCUT2D eigenvalue weighted by molar-refractivity contribution is 0.357. The van der Waals surface area contributed by atoms with Crippen LogP contribution in [0.2, 0.25) is 0 Å². The Kier molecular flexibility index (Phi) is 3.03. The van der Waals surface area contributed by atoms with E-state index >= 15 is 0 Å². The van der Waals surface area contributed by atoms with E-state index in [0.29, 0.717) is 18.5 Å². The second kappa shape index (κ2) is 5.02. The number of nitrogens with zero attached hydrogens (tertiary/aromatic N) is 2. The van der Waals surface area contributed by atoms with Gasteiger partial charge in [0.05, 0.1) is 6.54 Å². The zero-order chi connectivity index (χ0) is 13.4. The highest BCUT2D eigenvalue weighted by atomic mass is 16.5. The SMILES string of the molecule is c1ccc2c(c1)CCC(c1noc(CNC3CC3)n1)C2. The zero-order valence-corrected chi connectivity index (χ0v) is 11.5. The summed E-state index contributed by atoms with van der Waals surface area (Å²) in [7, 11) is 0. The highest BCUT2D eigenvalue weighted by Gasteiger charge is 2.25. The van der Waals surface area contributed by atoms with Gasteiger partial charge in [-0.3, -0.25) is 0 Å². The van der Waals surface area contributed by atoms with Crippen LogP contribution in [-0.2, 0) is 19.4 Å². The minimum atomic E-state index is 0.406. The van der Waals surface area contributed by atoms with Crippen LogP contribution in [0.5, 0.6) is 0 Å². The molecule has 4 rings (SSSR count). The smallest absolute Gasteiger partial charge is 0.240 e. The van der Waals surface area contributed by atoms with E-state index in [-0.39, 0.29) is 0 Å². The van der Waals surface area contributed by atoms with Crippen LogP contribution in [0.25, 0.3) is 0 Å². The molecule has 2 aliphatic rings. The van der Waals surface area contributed by atoms with Gasteiger partial charge in [0.15, 0.2) is 5.82 Å². The molecule has 104 valence electrons. The third-order valence-electron chi connectivity index (χ3n) is 4.32. The summed E-state index contributed by atoms with van der Waals surface area (Å²) in [5.41, 5.74) is 2.91. The lowest BCUT2D eigenvalue weighted by Gasteiger charge is -2.21. The fourth-order valence-corrected chi connectivity index (χ4v) is 2.94. The van der Waals surface area contributed by atoms with Crippen molar-refractivity contribution in [2.45, 2.75) is 50.6 Å². The predicted octanol–water partition coefficient (Wildman–Crippen LogP) is 2.59. The van der Waals surface area contributed by atoms with E-state index in [1.54, 1.807) is 0 Å². The summed E-state index contributed by atoms with van der Waals surface area (Å²) in [5, 5.41) is 7.59. The first-order valence-corrected chi connectivity index (χ1v) is 7.51. The molecule has 0 aliphatic heterocycles. The van der Waals surface area contributed by atoms with Crippen molar-refractivity contribution < 1.29 is 4.52 Å². The number of aromatic nitrogens is 2. The highest BCUT2D eigenvalue weighted by molar-refractivity contribution is 5.31. The summed E-state index contributed by atoms with van der Waals surface area (Å²) in [4.78, 5) is 4.57. The average Bonchev–Trinajstić information content (AvgIpc) is 3.21.